The van der Waals surface area contributed by atoms with Gasteiger partial charge in [0.15, 0.2) is 11.6 Å². The molecule has 0 spiro atoms. The molecule has 0 aliphatic heterocycles. The fourth-order valence-corrected chi connectivity index (χ4v) is 2.19. The largest absolute Gasteiger partial charge is 0.507 e. The van der Waals surface area contributed by atoms with Gasteiger partial charge in [-0.3, -0.25) is 9.78 Å². The van der Waals surface area contributed by atoms with E-state index < -0.39 is 29.6 Å². The highest BCUT2D eigenvalue weighted by atomic mass is 16.5. The van der Waals surface area contributed by atoms with E-state index in [0.29, 0.717) is 11.0 Å². The molecule has 0 saturated carbocycles. The van der Waals surface area contributed by atoms with Crippen LogP contribution in [0.1, 0.15) is 16.3 Å². The molecule has 130 valence electrons. The summed E-state index contributed by atoms with van der Waals surface area (Å²) < 4.78 is 4.82. The Morgan fingerprint density at radius 3 is 2.69 bits per heavy atom. The highest BCUT2D eigenvalue weighted by Crippen LogP contribution is 2.18. The highest BCUT2D eigenvalue weighted by Gasteiger charge is 2.16. The Morgan fingerprint density at radius 2 is 2.00 bits per heavy atom. The maximum atomic E-state index is 11.9. The SMILES string of the molecule is N#C/C(=C(/O)COC(=O)c1cc(=O)[nH]c(=O)[nH]1)c1nc2ccccc2[nH]1. The summed E-state index contributed by atoms with van der Waals surface area (Å²) in [5, 5.41) is 19.3. The summed E-state index contributed by atoms with van der Waals surface area (Å²) in [6.07, 6.45) is 0. The maximum Gasteiger partial charge on any atom is 0.355 e. The zero-order valence-corrected chi connectivity index (χ0v) is 13.1. The summed E-state index contributed by atoms with van der Waals surface area (Å²) in [4.78, 5) is 45.2. The number of imidazole rings is 1. The van der Waals surface area contributed by atoms with Gasteiger partial charge in [0.25, 0.3) is 5.56 Å². The van der Waals surface area contributed by atoms with E-state index >= 15 is 0 Å². The summed E-state index contributed by atoms with van der Waals surface area (Å²) >= 11 is 0. The average molecular weight is 353 g/mol. The standard InChI is InChI=1S/C16H11N5O5/c17-6-8(14-18-9-3-1-2-4-10(9)19-14)12(22)7-26-15(24)11-5-13(23)21-16(25)20-11/h1-5,22H,7H2,(H,18,19)(H2,20,21,23,25)/b12-8-. The topological polar surface area (TPSA) is 165 Å². The van der Waals surface area contributed by atoms with Crippen LogP contribution in [0.5, 0.6) is 0 Å². The number of nitriles is 1. The van der Waals surface area contributed by atoms with Crippen molar-refractivity contribution < 1.29 is 14.6 Å². The monoisotopic (exact) mass is 353 g/mol. The van der Waals surface area contributed by atoms with E-state index in [1.165, 1.54) is 0 Å². The van der Waals surface area contributed by atoms with E-state index in [9.17, 15) is 24.8 Å². The smallest absolute Gasteiger partial charge is 0.355 e. The number of nitrogens with one attached hydrogen (secondary N) is 3. The molecular weight excluding hydrogens is 342 g/mol. The van der Waals surface area contributed by atoms with Gasteiger partial charge in [-0.15, -0.1) is 0 Å². The predicted octanol–water partition coefficient (Wildman–Crippen LogP) is 0.589. The van der Waals surface area contributed by atoms with E-state index in [0.717, 1.165) is 6.07 Å². The van der Waals surface area contributed by atoms with Crippen LogP contribution in [0.3, 0.4) is 0 Å². The van der Waals surface area contributed by atoms with Crippen molar-refractivity contribution in [3.8, 4) is 6.07 Å². The van der Waals surface area contributed by atoms with Crippen molar-refractivity contribution in [3.05, 3.63) is 68.4 Å². The molecule has 0 fully saturated rings. The number of rotatable bonds is 4. The van der Waals surface area contributed by atoms with E-state index in [4.69, 9.17) is 4.74 Å². The molecule has 0 bridgehead atoms. The van der Waals surface area contributed by atoms with Crippen LogP contribution >= 0.6 is 0 Å². The molecule has 0 unspecified atom stereocenters. The number of H-pyrrole nitrogens is 3. The third-order valence-corrected chi connectivity index (χ3v) is 3.35. The number of carbonyl (C=O) groups is 1. The number of nitrogens with zero attached hydrogens (tertiary/aromatic N) is 2. The summed E-state index contributed by atoms with van der Waals surface area (Å²) in [5.74, 6) is -1.46. The predicted molar refractivity (Wildman–Crippen MR) is 89.2 cm³/mol. The molecule has 3 rings (SSSR count). The second-order valence-corrected chi connectivity index (χ2v) is 5.11. The number of ether oxygens (including phenoxy) is 1. The van der Waals surface area contributed by atoms with Crippen molar-refractivity contribution in [1.82, 2.24) is 19.9 Å². The second kappa shape index (κ2) is 6.78. The molecule has 0 radical (unpaired) electrons. The fraction of sp³-hybridized carbons (Fsp3) is 0.0625. The lowest BCUT2D eigenvalue weighted by Crippen LogP contribution is -2.25. The van der Waals surface area contributed by atoms with Gasteiger partial charge < -0.3 is 19.8 Å². The number of aromatic nitrogens is 4. The molecule has 0 saturated heterocycles. The van der Waals surface area contributed by atoms with Crippen LogP contribution in [0.15, 0.2) is 45.7 Å². The van der Waals surface area contributed by atoms with Crippen LogP contribution < -0.4 is 11.2 Å². The second-order valence-electron chi connectivity index (χ2n) is 5.11. The molecule has 3 aromatic rings. The lowest BCUT2D eigenvalue weighted by Gasteiger charge is -2.05. The van der Waals surface area contributed by atoms with Gasteiger partial charge in [0.2, 0.25) is 0 Å². The molecule has 0 aliphatic carbocycles. The summed E-state index contributed by atoms with van der Waals surface area (Å²) in [5.41, 5.74) is -0.964. The molecule has 2 heterocycles. The number of aromatic amines is 3. The Bertz CT molecular complexity index is 1120. The zero-order valence-electron chi connectivity index (χ0n) is 13.1. The first-order valence-electron chi connectivity index (χ1n) is 7.26. The van der Waals surface area contributed by atoms with Gasteiger partial charge in [-0.05, 0) is 12.1 Å². The Kier molecular flexibility index (Phi) is 4.36. The Morgan fingerprint density at radius 1 is 1.23 bits per heavy atom. The summed E-state index contributed by atoms with van der Waals surface area (Å²) in [6, 6.07) is 9.67. The number of allylic oxidation sites excluding steroid dienone is 1. The number of hydrogen-bond acceptors (Lipinski definition) is 7. The number of fused-ring (bicyclic) bond motifs is 1. The van der Waals surface area contributed by atoms with Crippen LogP contribution in [0, 0.1) is 11.3 Å². The van der Waals surface area contributed by atoms with E-state index in [1.54, 1.807) is 30.3 Å². The molecule has 10 heteroatoms. The summed E-state index contributed by atoms with van der Waals surface area (Å²) in [6.45, 7) is -0.645. The van der Waals surface area contributed by atoms with Crippen LogP contribution in [-0.2, 0) is 4.74 Å². The fourth-order valence-electron chi connectivity index (χ4n) is 2.19. The molecule has 4 N–H and O–H groups in total. The number of aliphatic hydroxyl groups excluding tert-OH is 1. The number of carbonyl (C=O) groups excluding carboxylic acids is 1. The Labute approximate surface area is 144 Å². The molecule has 2 aromatic heterocycles. The van der Waals surface area contributed by atoms with Crippen molar-refractivity contribution in [2.45, 2.75) is 0 Å². The molecule has 10 nitrogen and oxygen atoms in total. The number of esters is 1. The van der Waals surface area contributed by atoms with Crippen molar-refractivity contribution in [1.29, 1.82) is 5.26 Å². The summed E-state index contributed by atoms with van der Waals surface area (Å²) in [7, 11) is 0. The Hall–Kier alpha value is -4.13. The van der Waals surface area contributed by atoms with E-state index in [1.807, 2.05) is 4.98 Å². The van der Waals surface area contributed by atoms with Crippen molar-refractivity contribution in [2.24, 2.45) is 0 Å². The molecule has 0 amide bonds. The molecule has 0 atom stereocenters. The third kappa shape index (κ3) is 3.36. The van der Waals surface area contributed by atoms with Crippen molar-refractivity contribution in [2.75, 3.05) is 6.61 Å². The number of benzene rings is 1. The number of hydrogen-bond donors (Lipinski definition) is 4. The van der Waals surface area contributed by atoms with Crippen molar-refractivity contribution in [3.63, 3.8) is 0 Å². The van der Waals surface area contributed by atoms with Gasteiger partial charge in [-0.1, -0.05) is 12.1 Å². The van der Waals surface area contributed by atoms with Crippen LogP contribution in [0.2, 0.25) is 0 Å². The van der Waals surface area contributed by atoms with Gasteiger partial charge >= 0.3 is 11.7 Å². The van der Waals surface area contributed by atoms with Gasteiger partial charge in [-0.25, -0.2) is 14.6 Å². The minimum atomic E-state index is -1.04. The quantitative estimate of drug-likeness (QED) is 0.303. The molecule has 26 heavy (non-hydrogen) atoms. The molecule has 1 aromatic carbocycles. The van der Waals surface area contributed by atoms with Crippen LogP contribution in [0.4, 0.5) is 0 Å². The first-order valence-corrected chi connectivity index (χ1v) is 7.26. The van der Waals surface area contributed by atoms with Gasteiger partial charge in [0, 0.05) is 6.07 Å². The van der Waals surface area contributed by atoms with Gasteiger partial charge in [0.05, 0.1) is 11.0 Å². The zero-order chi connectivity index (χ0) is 18.7. The van der Waals surface area contributed by atoms with E-state index in [-0.39, 0.29) is 17.1 Å². The minimum absolute atomic E-state index is 0.117. The van der Waals surface area contributed by atoms with Crippen LogP contribution in [0.25, 0.3) is 16.6 Å². The third-order valence-electron chi connectivity index (χ3n) is 3.35. The van der Waals surface area contributed by atoms with Gasteiger partial charge in [-0.2, -0.15) is 5.26 Å². The number of para-hydroxylation sites is 2. The number of aliphatic hydroxyl groups is 1. The van der Waals surface area contributed by atoms with Crippen molar-refractivity contribution >= 4 is 22.6 Å². The average Bonchev–Trinajstić information content (AvgIpc) is 3.03. The Balaban J connectivity index is 1.83. The molecule has 0 aliphatic rings. The molecular formula is C16H11N5O5. The normalized spacial score (nSPS) is 11.7. The first-order chi connectivity index (χ1) is 12.5. The lowest BCUT2D eigenvalue weighted by atomic mass is 10.2. The first kappa shape index (κ1) is 16.7. The van der Waals surface area contributed by atoms with Crippen LogP contribution in [-0.4, -0.2) is 37.6 Å². The minimum Gasteiger partial charge on any atom is -0.507 e. The maximum absolute atomic E-state index is 11.9. The highest BCUT2D eigenvalue weighted by molar-refractivity contribution is 5.87. The van der Waals surface area contributed by atoms with Gasteiger partial charge in [0.1, 0.15) is 23.9 Å². The lowest BCUT2D eigenvalue weighted by molar-refractivity contribution is 0.0495. The van der Waals surface area contributed by atoms with E-state index in [2.05, 4.69) is 15.0 Å².